The van der Waals surface area contributed by atoms with Crippen molar-refractivity contribution >= 4 is 21.1 Å². The van der Waals surface area contributed by atoms with Gasteiger partial charge in [0.2, 0.25) is 10.0 Å². The van der Waals surface area contributed by atoms with Gasteiger partial charge in [-0.3, -0.25) is 0 Å². The Balaban J connectivity index is 1.80. The molecular weight excluding hydrogens is 453 g/mol. The van der Waals surface area contributed by atoms with Gasteiger partial charge in [0.25, 0.3) is 0 Å². The van der Waals surface area contributed by atoms with Crippen molar-refractivity contribution in [2.75, 3.05) is 0 Å². The van der Waals surface area contributed by atoms with E-state index in [0.717, 1.165) is 26.2 Å². The van der Waals surface area contributed by atoms with E-state index in [9.17, 15) is 26.9 Å². The Hall–Kier alpha value is -2.90. The molecule has 1 aliphatic carbocycles. The predicted molar refractivity (Wildman–Crippen MR) is 118 cm³/mol. The summed E-state index contributed by atoms with van der Waals surface area (Å²) < 4.78 is 67.1. The van der Waals surface area contributed by atoms with E-state index in [1.165, 1.54) is 24.3 Å². The van der Waals surface area contributed by atoms with Crippen LogP contribution in [0.15, 0.2) is 47.5 Å². The summed E-state index contributed by atoms with van der Waals surface area (Å²) in [4.78, 5) is 4.24. The molecule has 0 spiro atoms. The second kappa shape index (κ2) is 8.47. The zero-order valence-corrected chi connectivity index (χ0v) is 18.9. The van der Waals surface area contributed by atoms with Crippen molar-refractivity contribution in [1.29, 1.82) is 5.26 Å². The third-order valence-electron chi connectivity index (χ3n) is 6.37. The molecule has 3 atom stereocenters. The van der Waals surface area contributed by atoms with Crippen molar-refractivity contribution in [1.82, 2.24) is 14.3 Å². The van der Waals surface area contributed by atoms with E-state index < -0.39 is 22.2 Å². The average Bonchev–Trinajstić information content (AvgIpc) is 3.06. The Bertz CT molecular complexity index is 1320. The molecule has 1 N–H and O–H groups in total. The molecular formula is C23H23F3N4O2S. The fourth-order valence-corrected chi connectivity index (χ4v) is 5.61. The first-order valence-electron chi connectivity index (χ1n) is 10.7. The number of fused-ring (bicyclic) bond motifs is 1. The highest BCUT2D eigenvalue weighted by Gasteiger charge is 2.39. The number of nitrogens with zero attached hydrogens (tertiary/aromatic N) is 3. The number of sulfonamides is 1. The Morgan fingerprint density at radius 3 is 2.48 bits per heavy atom. The van der Waals surface area contributed by atoms with E-state index in [1.807, 2.05) is 6.07 Å². The topological polar surface area (TPSA) is 87.8 Å². The van der Waals surface area contributed by atoms with Gasteiger partial charge in [-0.1, -0.05) is 25.5 Å². The zero-order valence-electron chi connectivity index (χ0n) is 18.1. The average molecular weight is 477 g/mol. The van der Waals surface area contributed by atoms with Crippen LogP contribution < -0.4 is 4.72 Å². The minimum absolute atomic E-state index is 0.169. The van der Waals surface area contributed by atoms with E-state index in [1.54, 1.807) is 17.0 Å². The molecule has 174 valence electrons. The predicted octanol–water partition coefficient (Wildman–Crippen LogP) is 5.17. The number of alkyl halides is 3. The highest BCUT2D eigenvalue weighted by molar-refractivity contribution is 7.89. The number of aromatic nitrogens is 2. The van der Waals surface area contributed by atoms with Crippen molar-refractivity contribution in [3.63, 3.8) is 0 Å². The molecule has 0 bridgehead atoms. The van der Waals surface area contributed by atoms with E-state index >= 15 is 0 Å². The Labute approximate surface area is 190 Å². The quantitative estimate of drug-likeness (QED) is 0.532. The summed E-state index contributed by atoms with van der Waals surface area (Å²) in [5, 5.41) is 10.7. The second-order valence-electron chi connectivity index (χ2n) is 8.30. The normalized spacial score (nSPS) is 19.8. The van der Waals surface area contributed by atoms with Crippen molar-refractivity contribution in [2.45, 2.75) is 56.3 Å². The van der Waals surface area contributed by atoms with Crippen LogP contribution in [0.2, 0.25) is 0 Å². The minimum atomic E-state index is -4.69. The summed E-state index contributed by atoms with van der Waals surface area (Å²) in [6.07, 6.45) is -0.00972. The molecule has 6 nitrogen and oxygen atoms in total. The first-order valence-corrected chi connectivity index (χ1v) is 12.1. The number of halogens is 3. The molecule has 0 saturated heterocycles. The maximum Gasteiger partial charge on any atom is 0.404 e. The summed E-state index contributed by atoms with van der Waals surface area (Å²) in [5.41, 5.74) is 2.40. The largest absolute Gasteiger partial charge is 0.404 e. The number of rotatable bonds is 6. The second-order valence-corrected chi connectivity index (χ2v) is 10.0. The summed E-state index contributed by atoms with van der Waals surface area (Å²) in [7, 11) is -4.37. The maximum absolute atomic E-state index is 12.8. The lowest BCUT2D eigenvalue weighted by molar-refractivity contribution is -0.147. The fraction of sp³-hybridized carbons (Fsp3) is 0.391. The number of nitriles is 1. The molecule has 2 aromatic heterocycles. The van der Waals surface area contributed by atoms with Gasteiger partial charge in [0.1, 0.15) is 17.8 Å². The molecule has 1 aromatic carbocycles. The van der Waals surface area contributed by atoms with E-state index in [0.29, 0.717) is 33.8 Å². The number of pyridine rings is 1. The van der Waals surface area contributed by atoms with E-state index in [-0.39, 0.29) is 10.9 Å². The number of hydrogen-bond acceptors (Lipinski definition) is 4. The van der Waals surface area contributed by atoms with Crippen molar-refractivity contribution in [3.8, 4) is 17.3 Å². The smallest absolute Gasteiger partial charge is 0.321 e. The SMILES string of the molecule is CCC1CCC1n1c(-c2ccc(S(=O)(=O)N[C@H](C)C(F)(F)F)cc2)c(C#N)c2cccnc21. The lowest BCUT2D eigenvalue weighted by atomic mass is 9.77. The first-order chi connectivity index (χ1) is 15.6. The van der Waals surface area contributed by atoms with Gasteiger partial charge < -0.3 is 4.57 Å². The summed E-state index contributed by atoms with van der Waals surface area (Å²) in [5.74, 6) is 0.445. The third kappa shape index (κ3) is 4.11. The molecule has 2 heterocycles. The van der Waals surface area contributed by atoms with Crippen LogP contribution in [0.1, 0.15) is 44.7 Å². The molecule has 2 unspecified atom stereocenters. The minimum Gasteiger partial charge on any atom is -0.321 e. The van der Waals surface area contributed by atoms with Crippen LogP contribution in [-0.4, -0.2) is 30.2 Å². The van der Waals surface area contributed by atoms with Crippen LogP contribution in [0.4, 0.5) is 13.2 Å². The highest BCUT2D eigenvalue weighted by Crippen LogP contribution is 2.46. The van der Waals surface area contributed by atoms with Crippen molar-refractivity contribution in [2.24, 2.45) is 5.92 Å². The lowest BCUT2D eigenvalue weighted by Gasteiger charge is -2.38. The van der Waals surface area contributed by atoms with Crippen LogP contribution in [-0.2, 0) is 10.0 Å². The summed E-state index contributed by atoms with van der Waals surface area (Å²) >= 11 is 0. The van der Waals surface area contributed by atoms with Crippen LogP contribution in [0, 0.1) is 17.2 Å². The standard InChI is InChI=1S/C23H23F3N4O2S/c1-3-15-8-11-20(15)30-21(19(13-27)18-5-4-12-28-22(18)30)16-6-9-17(10-7-16)33(31,32)29-14(2)23(24,25)26/h4-7,9-10,12,14-15,20,29H,3,8,11H2,1-2H3/t14-,15?,20?/m1/s1. The molecule has 4 rings (SSSR count). The molecule has 33 heavy (non-hydrogen) atoms. The van der Waals surface area contributed by atoms with Crippen molar-refractivity contribution < 1.29 is 21.6 Å². The lowest BCUT2D eigenvalue weighted by Crippen LogP contribution is -2.42. The summed E-state index contributed by atoms with van der Waals surface area (Å²) in [6.45, 7) is 2.87. The molecule has 1 aliphatic rings. The molecule has 1 saturated carbocycles. The van der Waals surface area contributed by atoms with Gasteiger partial charge in [0, 0.05) is 17.6 Å². The Kier molecular flexibility index (Phi) is 5.97. The summed E-state index contributed by atoms with van der Waals surface area (Å²) in [6, 6.07) is 9.38. The van der Waals surface area contributed by atoms with Gasteiger partial charge in [0.15, 0.2) is 0 Å². The van der Waals surface area contributed by atoms with E-state index in [4.69, 9.17) is 0 Å². The van der Waals surface area contributed by atoms with Crippen LogP contribution in [0.5, 0.6) is 0 Å². The van der Waals surface area contributed by atoms with Gasteiger partial charge in [0.05, 0.1) is 16.2 Å². The van der Waals surface area contributed by atoms with Gasteiger partial charge in [-0.2, -0.15) is 23.2 Å². The molecule has 0 radical (unpaired) electrons. The van der Waals surface area contributed by atoms with Gasteiger partial charge in [-0.15, -0.1) is 0 Å². The zero-order chi connectivity index (χ0) is 24.0. The van der Waals surface area contributed by atoms with Crippen LogP contribution in [0.3, 0.4) is 0 Å². The number of hydrogen-bond donors (Lipinski definition) is 1. The highest BCUT2D eigenvalue weighted by atomic mass is 32.2. The number of nitrogens with one attached hydrogen (secondary N) is 1. The third-order valence-corrected chi connectivity index (χ3v) is 7.92. The van der Waals surface area contributed by atoms with Gasteiger partial charge >= 0.3 is 6.18 Å². The number of benzene rings is 1. The van der Waals surface area contributed by atoms with Crippen LogP contribution in [0.25, 0.3) is 22.3 Å². The van der Waals surface area contributed by atoms with Gasteiger partial charge in [-0.25, -0.2) is 13.4 Å². The molecule has 0 amide bonds. The van der Waals surface area contributed by atoms with Crippen molar-refractivity contribution in [3.05, 3.63) is 48.2 Å². The van der Waals surface area contributed by atoms with Crippen LogP contribution >= 0.6 is 0 Å². The molecule has 10 heteroatoms. The fourth-order valence-electron chi connectivity index (χ4n) is 4.38. The maximum atomic E-state index is 12.8. The van der Waals surface area contributed by atoms with E-state index in [2.05, 4.69) is 22.5 Å². The molecule has 1 fully saturated rings. The van der Waals surface area contributed by atoms with Gasteiger partial charge in [-0.05, 0) is 55.5 Å². The molecule has 3 aromatic rings. The Morgan fingerprint density at radius 1 is 1.24 bits per heavy atom. The molecule has 0 aliphatic heterocycles. The first kappa shape index (κ1) is 23.3. The Morgan fingerprint density at radius 2 is 1.94 bits per heavy atom. The monoisotopic (exact) mass is 476 g/mol.